The first-order chi connectivity index (χ1) is 14.5. The van der Waals surface area contributed by atoms with E-state index < -0.39 is 20.5 Å². The van der Waals surface area contributed by atoms with Crippen LogP contribution in [0.25, 0.3) is 16.8 Å². The number of aromatic nitrogens is 5. The molecule has 0 spiro atoms. The van der Waals surface area contributed by atoms with Crippen LogP contribution in [0.2, 0.25) is 0 Å². The molecule has 0 unspecified atom stereocenters. The van der Waals surface area contributed by atoms with Gasteiger partial charge in [-0.25, -0.2) is 13.9 Å². The summed E-state index contributed by atoms with van der Waals surface area (Å²) in [6.07, 6.45) is 2.26. The number of sulfone groups is 1. The maximum absolute atomic E-state index is 12.5. The van der Waals surface area contributed by atoms with Crippen LogP contribution < -0.4 is 11.0 Å². The van der Waals surface area contributed by atoms with E-state index in [1.54, 1.807) is 25.1 Å². The smallest absolute Gasteiger partial charge is 0.264 e. The van der Waals surface area contributed by atoms with Gasteiger partial charge >= 0.3 is 0 Å². The SMILES string of the molecule is Cc1nnn(-c2ccc(-c3ccn(CC[C@](C)(C(=O)NO)S(C)(=O)=O)c(=O)c3)cc2)n1. The van der Waals surface area contributed by atoms with Gasteiger partial charge in [0.25, 0.3) is 11.5 Å². The quantitative estimate of drug-likeness (QED) is 0.394. The lowest BCUT2D eigenvalue weighted by atomic mass is 10.1. The van der Waals surface area contributed by atoms with Gasteiger partial charge in [0.1, 0.15) is 0 Å². The number of tetrazole rings is 1. The number of nitrogens with one attached hydrogen (secondary N) is 1. The van der Waals surface area contributed by atoms with Crippen molar-refractivity contribution in [2.45, 2.75) is 31.6 Å². The van der Waals surface area contributed by atoms with Crippen LogP contribution in [0.4, 0.5) is 0 Å². The molecule has 0 aliphatic rings. The Bertz CT molecular complexity index is 1270. The fourth-order valence-electron chi connectivity index (χ4n) is 2.97. The number of hydroxylamine groups is 1. The third kappa shape index (κ3) is 4.54. The molecule has 164 valence electrons. The first kappa shape index (κ1) is 22.3. The molecule has 0 saturated carbocycles. The fourth-order valence-corrected chi connectivity index (χ4v) is 3.82. The summed E-state index contributed by atoms with van der Waals surface area (Å²) in [5, 5.41) is 20.8. The number of aryl methyl sites for hydroxylation is 2. The largest absolute Gasteiger partial charge is 0.315 e. The van der Waals surface area contributed by atoms with Crippen molar-refractivity contribution in [3.8, 4) is 16.8 Å². The average Bonchev–Trinajstić information content (AvgIpc) is 3.17. The summed E-state index contributed by atoms with van der Waals surface area (Å²) in [4.78, 5) is 25.9. The predicted molar refractivity (Wildman–Crippen MR) is 111 cm³/mol. The van der Waals surface area contributed by atoms with Gasteiger partial charge in [-0.05, 0) is 54.8 Å². The Morgan fingerprint density at radius 2 is 1.87 bits per heavy atom. The number of amides is 1. The first-order valence-electron chi connectivity index (χ1n) is 9.27. The Balaban J connectivity index is 1.80. The molecular weight excluding hydrogens is 424 g/mol. The second kappa shape index (κ2) is 8.40. The highest BCUT2D eigenvalue weighted by molar-refractivity contribution is 7.92. The molecule has 0 saturated heterocycles. The number of pyridine rings is 1. The number of nitrogens with zero attached hydrogens (tertiary/aromatic N) is 5. The molecule has 3 aromatic rings. The summed E-state index contributed by atoms with van der Waals surface area (Å²) in [7, 11) is -3.84. The van der Waals surface area contributed by atoms with Crippen molar-refractivity contribution in [3.63, 3.8) is 0 Å². The number of carbonyl (C=O) groups excluding carboxylic acids is 1. The third-order valence-electron chi connectivity index (χ3n) is 5.17. The zero-order chi connectivity index (χ0) is 22.8. The Morgan fingerprint density at radius 1 is 1.19 bits per heavy atom. The second-order valence-corrected chi connectivity index (χ2v) is 9.76. The Labute approximate surface area is 178 Å². The summed E-state index contributed by atoms with van der Waals surface area (Å²) in [5.41, 5.74) is 3.23. The number of rotatable bonds is 7. The maximum Gasteiger partial charge on any atom is 0.264 e. The molecule has 12 heteroatoms. The highest BCUT2D eigenvalue weighted by Gasteiger charge is 2.43. The van der Waals surface area contributed by atoms with E-state index in [0.717, 1.165) is 17.5 Å². The molecule has 31 heavy (non-hydrogen) atoms. The van der Waals surface area contributed by atoms with Crippen molar-refractivity contribution in [2.24, 2.45) is 0 Å². The van der Waals surface area contributed by atoms with Gasteiger partial charge in [-0.1, -0.05) is 12.1 Å². The summed E-state index contributed by atoms with van der Waals surface area (Å²) < 4.78 is 23.6. The van der Waals surface area contributed by atoms with E-state index in [4.69, 9.17) is 5.21 Å². The minimum atomic E-state index is -3.84. The monoisotopic (exact) mass is 446 g/mol. The van der Waals surface area contributed by atoms with Gasteiger partial charge in [0, 0.05) is 25.1 Å². The van der Waals surface area contributed by atoms with E-state index in [9.17, 15) is 18.0 Å². The van der Waals surface area contributed by atoms with Crippen molar-refractivity contribution in [1.82, 2.24) is 30.3 Å². The predicted octanol–water partition coefficient (Wildman–Crippen LogP) is 0.498. The van der Waals surface area contributed by atoms with E-state index in [1.807, 2.05) is 12.1 Å². The Morgan fingerprint density at radius 3 is 2.39 bits per heavy atom. The summed E-state index contributed by atoms with van der Waals surface area (Å²) >= 11 is 0. The van der Waals surface area contributed by atoms with E-state index in [0.29, 0.717) is 11.4 Å². The summed E-state index contributed by atoms with van der Waals surface area (Å²) in [6, 6.07) is 10.4. The Kier molecular flexibility index (Phi) is 6.04. The van der Waals surface area contributed by atoms with Crippen LogP contribution in [0.5, 0.6) is 0 Å². The number of hydrogen-bond acceptors (Lipinski definition) is 8. The van der Waals surface area contributed by atoms with Gasteiger partial charge in [-0.15, -0.1) is 15.0 Å². The van der Waals surface area contributed by atoms with E-state index in [1.165, 1.54) is 34.0 Å². The molecule has 2 N–H and O–H groups in total. The molecule has 1 atom stereocenters. The van der Waals surface area contributed by atoms with Crippen molar-refractivity contribution < 1.29 is 18.4 Å². The zero-order valence-electron chi connectivity index (χ0n) is 17.2. The lowest BCUT2D eigenvalue weighted by Crippen LogP contribution is -2.49. The molecule has 0 fully saturated rings. The van der Waals surface area contributed by atoms with E-state index in [-0.39, 0.29) is 18.5 Å². The molecule has 1 aromatic carbocycles. The van der Waals surface area contributed by atoms with E-state index in [2.05, 4.69) is 15.4 Å². The van der Waals surface area contributed by atoms with Gasteiger partial charge < -0.3 is 4.57 Å². The lowest BCUT2D eigenvalue weighted by molar-refractivity contribution is -0.131. The fraction of sp³-hybridized carbons (Fsp3) is 0.316. The van der Waals surface area contributed by atoms with Crippen LogP contribution in [0.15, 0.2) is 47.4 Å². The number of carbonyl (C=O) groups is 1. The summed E-state index contributed by atoms with van der Waals surface area (Å²) in [6.45, 7) is 2.92. The minimum Gasteiger partial charge on any atom is -0.315 e. The molecular formula is C19H22N6O5S. The normalized spacial score (nSPS) is 13.5. The van der Waals surface area contributed by atoms with Crippen molar-refractivity contribution in [1.29, 1.82) is 0 Å². The maximum atomic E-state index is 12.5. The van der Waals surface area contributed by atoms with Crippen molar-refractivity contribution in [2.75, 3.05) is 6.26 Å². The van der Waals surface area contributed by atoms with Gasteiger partial charge in [0.05, 0.1) is 5.69 Å². The molecule has 3 rings (SSSR count). The van der Waals surface area contributed by atoms with Crippen molar-refractivity contribution >= 4 is 15.7 Å². The van der Waals surface area contributed by atoms with Crippen LogP contribution in [0, 0.1) is 6.92 Å². The standard InChI is InChI=1S/C19H22N6O5S/c1-13-20-23-25(21-13)16-6-4-14(5-7-16)15-8-10-24(17(26)12-15)11-9-19(2,18(27)22-28)31(3,29)30/h4-8,10,12,28H,9,11H2,1-3H3,(H,22,27)/t19-/m1/s1. The molecule has 2 aromatic heterocycles. The number of benzene rings is 1. The molecule has 2 heterocycles. The highest BCUT2D eigenvalue weighted by atomic mass is 32.2. The lowest BCUT2D eigenvalue weighted by Gasteiger charge is -2.25. The molecule has 0 radical (unpaired) electrons. The third-order valence-corrected chi connectivity index (χ3v) is 7.20. The molecule has 0 aliphatic carbocycles. The van der Waals surface area contributed by atoms with Crippen LogP contribution in [-0.4, -0.2) is 55.3 Å². The van der Waals surface area contributed by atoms with Crippen LogP contribution in [-0.2, 0) is 21.2 Å². The first-order valence-corrected chi connectivity index (χ1v) is 11.2. The van der Waals surface area contributed by atoms with Crippen LogP contribution >= 0.6 is 0 Å². The second-order valence-electron chi connectivity index (χ2n) is 7.31. The van der Waals surface area contributed by atoms with Gasteiger partial charge in [-0.3, -0.25) is 14.8 Å². The molecule has 0 bridgehead atoms. The van der Waals surface area contributed by atoms with Crippen LogP contribution in [0.1, 0.15) is 19.2 Å². The minimum absolute atomic E-state index is 0.0215. The molecule has 11 nitrogen and oxygen atoms in total. The van der Waals surface area contributed by atoms with E-state index >= 15 is 0 Å². The molecule has 0 aliphatic heterocycles. The van der Waals surface area contributed by atoms with Crippen molar-refractivity contribution in [3.05, 3.63) is 58.8 Å². The number of hydrogen-bond donors (Lipinski definition) is 2. The molecule has 1 amide bonds. The van der Waals surface area contributed by atoms with Crippen LogP contribution in [0.3, 0.4) is 0 Å². The van der Waals surface area contributed by atoms with Gasteiger partial charge in [0.2, 0.25) is 0 Å². The summed E-state index contributed by atoms with van der Waals surface area (Å²) in [5.74, 6) is -0.493. The highest BCUT2D eigenvalue weighted by Crippen LogP contribution is 2.23. The topological polar surface area (TPSA) is 149 Å². The van der Waals surface area contributed by atoms with Gasteiger partial charge in [0.15, 0.2) is 20.4 Å². The average molecular weight is 446 g/mol. The Hall–Kier alpha value is -3.38. The zero-order valence-corrected chi connectivity index (χ0v) is 18.0. The van der Waals surface area contributed by atoms with Gasteiger partial charge in [-0.2, -0.15) is 0 Å².